The molecule has 2 fully saturated rings. The molecule has 2 rings (SSSR count). The Kier molecular flexibility index (Phi) is 2.65. The Balaban J connectivity index is 1.78. The van der Waals surface area contributed by atoms with Gasteiger partial charge in [0.05, 0.1) is 5.41 Å². The lowest BCUT2D eigenvalue weighted by molar-refractivity contribution is -0.143. The number of aliphatic carboxylic acids is 1. The van der Waals surface area contributed by atoms with Gasteiger partial charge in [-0.1, -0.05) is 0 Å². The third-order valence-electron chi connectivity index (χ3n) is 3.13. The van der Waals surface area contributed by atoms with Gasteiger partial charge in [0, 0.05) is 13.2 Å². The summed E-state index contributed by atoms with van der Waals surface area (Å²) in [5.74, 6) is -0.977. The maximum Gasteiger partial charge on any atom is 0.311 e. The fourth-order valence-corrected chi connectivity index (χ4v) is 1.77. The van der Waals surface area contributed by atoms with Crippen LogP contribution in [0, 0.1) is 5.41 Å². The second kappa shape index (κ2) is 3.81. The summed E-state index contributed by atoms with van der Waals surface area (Å²) >= 11 is 0. The highest BCUT2D eigenvalue weighted by molar-refractivity contribution is 5.83. The number of nitrogens with one attached hydrogen (secondary N) is 1. The number of carbonyl (C=O) groups excluding carboxylic acids is 1. The summed E-state index contributed by atoms with van der Waals surface area (Å²) in [4.78, 5) is 22.3. The van der Waals surface area contributed by atoms with Gasteiger partial charge < -0.3 is 15.2 Å². The van der Waals surface area contributed by atoms with E-state index in [0.29, 0.717) is 19.4 Å². The van der Waals surface area contributed by atoms with Gasteiger partial charge in [-0.25, -0.2) is 0 Å². The van der Waals surface area contributed by atoms with Gasteiger partial charge in [-0.05, 0) is 25.7 Å². The number of carbonyl (C=O) groups is 2. The highest BCUT2D eigenvalue weighted by atomic mass is 16.5. The minimum absolute atomic E-state index is 0.167. The molecule has 15 heavy (non-hydrogen) atoms. The zero-order valence-electron chi connectivity index (χ0n) is 8.49. The molecule has 84 valence electrons. The Labute approximate surface area is 87.8 Å². The summed E-state index contributed by atoms with van der Waals surface area (Å²) in [5.41, 5.74) is -0.686. The van der Waals surface area contributed by atoms with Crippen LogP contribution in [0.3, 0.4) is 0 Å². The molecule has 0 aromatic heterocycles. The molecular weight excluding hydrogens is 198 g/mol. The number of carboxylic acid groups (broad SMARTS) is 1. The molecule has 5 heteroatoms. The van der Waals surface area contributed by atoms with Crippen LogP contribution >= 0.6 is 0 Å². The smallest absolute Gasteiger partial charge is 0.311 e. The monoisotopic (exact) mass is 213 g/mol. The molecule has 2 aliphatic rings. The normalized spacial score (nSPS) is 27.3. The summed E-state index contributed by atoms with van der Waals surface area (Å²) in [6.07, 6.45) is 2.60. The third-order valence-corrected chi connectivity index (χ3v) is 3.13. The van der Waals surface area contributed by atoms with E-state index in [-0.39, 0.29) is 18.6 Å². The van der Waals surface area contributed by atoms with E-state index in [9.17, 15) is 9.59 Å². The lowest BCUT2D eigenvalue weighted by Crippen LogP contribution is -2.39. The first-order valence-electron chi connectivity index (χ1n) is 5.27. The van der Waals surface area contributed by atoms with Crippen LogP contribution in [0.4, 0.5) is 0 Å². The maximum atomic E-state index is 11.5. The van der Waals surface area contributed by atoms with Gasteiger partial charge in [-0.15, -0.1) is 0 Å². The molecule has 2 N–H and O–H groups in total. The largest absolute Gasteiger partial charge is 0.481 e. The van der Waals surface area contributed by atoms with Crippen molar-refractivity contribution in [3.63, 3.8) is 0 Å². The van der Waals surface area contributed by atoms with Crippen molar-refractivity contribution in [1.29, 1.82) is 0 Å². The predicted octanol–water partition coefficient (Wildman–Crippen LogP) is 0.146. The van der Waals surface area contributed by atoms with Crippen molar-refractivity contribution in [3.8, 4) is 0 Å². The molecule has 0 bridgehead atoms. The molecule has 0 aromatic carbocycles. The average Bonchev–Trinajstić information content (AvgIpc) is 2.80. The Morgan fingerprint density at radius 1 is 1.47 bits per heavy atom. The van der Waals surface area contributed by atoms with Gasteiger partial charge in [0.25, 0.3) is 0 Å². The standard InChI is InChI=1S/C10H15NO4/c12-8(7-2-1-5-15-7)11-6-10(3-4-10)9(13)14/h7H,1-6H2,(H,11,12)(H,13,14)/t7-/m1/s1. The first-order valence-corrected chi connectivity index (χ1v) is 5.27. The van der Waals surface area contributed by atoms with E-state index in [2.05, 4.69) is 5.32 Å². The second-order valence-electron chi connectivity index (χ2n) is 4.30. The molecule has 1 saturated heterocycles. The number of hydrogen-bond donors (Lipinski definition) is 2. The highest BCUT2D eigenvalue weighted by Crippen LogP contribution is 2.45. The van der Waals surface area contributed by atoms with E-state index in [1.807, 2.05) is 0 Å². The fraction of sp³-hybridized carbons (Fsp3) is 0.800. The fourth-order valence-electron chi connectivity index (χ4n) is 1.77. The van der Waals surface area contributed by atoms with Gasteiger partial charge in [0.1, 0.15) is 6.10 Å². The summed E-state index contributed by atoms with van der Waals surface area (Å²) in [6.45, 7) is 0.864. The van der Waals surface area contributed by atoms with Crippen LogP contribution in [0.2, 0.25) is 0 Å². The lowest BCUT2D eigenvalue weighted by Gasteiger charge is -2.13. The molecule has 0 unspecified atom stereocenters. The van der Waals surface area contributed by atoms with E-state index in [1.54, 1.807) is 0 Å². The molecular formula is C10H15NO4. The zero-order chi connectivity index (χ0) is 10.9. The van der Waals surface area contributed by atoms with Gasteiger partial charge >= 0.3 is 5.97 Å². The van der Waals surface area contributed by atoms with Crippen molar-refractivity contribution in [2.75, 3.05) is 13.2 Å². The molecule has 1 atom stereocenters. The van der Waals surface area contributed by atoms with Crippen LogP contribution in [0.15, 0.2) is 0 Å². The summed E-state index contributed by atoms with van der Waals surface area (Å²) < 4.78 is 5.20. The quantitative estimate of drug-likeness (QED) is 0.696. The van der Waals surface area contributed by atoms with Gasteiger partial charge in [0.15, 0.2) is 0 Å². The Hall–Kier alpha value is -1.10. The SMILES string of the molecule is O=C(NCC1(C(=O)O)CC1)[C@H]1CCCO1. The van der Waals surface area contributed by atoms with Gasteiger partial charge in [0.2, 0.25) is 5.91 Å². The third kappa shape index (κ3) is 2.12. The summed E-state index contributed by atoms with van der Waals surface area (Å²) in [7, 11) is 0. The molecule has 1 saturated carbocycles. The maximum absolute atomic E-state index is 11.5. The Morgan fingerprint density at radius 3 is 2.67 bits per heavy atom. The highest BCUT2D eigenvalue weighted by Gasteiger charge is 2.50. The van der Waals surface area contributed by atoms with Crippen LogP contribution < -0.4 is 5.32 Å². The second-order valence-corrected chi connectivity index (χ2v) is 4.30. The van der Waals surface area contributed by atoms with E-state index in [1.165, 1.54) is 0 Å². The van der Waals surface area contributed by atoms with Crippen molar-refractivity contribution in [1.82, 2.24) is 5.32 Å². The average molecular weight is 213 g/mol. The van der Waals surface area contributed by atoms with Crippen LogP contribution in [0.1, 0.15) is 25.7 Å². The van der Waals surface area contributed by atoms with E-state index in [4.69, 9.17) is 9.84 Å². The predicted molar refractivity (Wildman–Crippen MR) is 51.3 cm³/mol. The number of hydrogen-bond acceptors (Lipinski definition) is 3. The van der Waals surface area contributed by atoms with Gasteiger partial charge in [-0.2, -0.15) is 0 Å². The lowest BCUT2D eigenvalue weighted by atomic mass is 10.1. The number of amides is 1. The minimum Gasteiger partial charge on any atom is -0.481 e. The van der Waals surface area contributed by atoms with Crippen LogP contribution in [-0.2, 0) is 14.3 Å². The van der Waals surface area contributed by atoms with Crippen molar-refractivity contribution >= 4 is 11.9 Å². The number of rotatable bonds is 4. The van der Waals surface area contributed by atoms with Crippen molar-refractivity contribution in [3.05, 3.63) is 0 Å². The molecule has 1 aliphatic carbocycles. The van der Waals surface area contributed by atoms with E-state index >= 15 is 0 Å². The summed E-state index contributed by atoms with van der Waals surface area (Å²) in [6, 6.07) is 0. The first-order chi connectivity index (χ1) is 7.14. The van der Waals surface area contributed by atoms with Gasteiger partial charge in [-0.3, -0.25) is 9.59 Å². The molecule has 0 radical (unpaired) electrons. The molecule has 0 aromatic rings. The number of carboxylic acids is 1. The van der Waals surface area contributed by atoms with Crippen LogP contribution in [-0.4, -0.2) is 36.2 Å². The van der Waals surface area contributed by atoms with E-state index < -0.39 is 11.4 Å². The topological polar surface area (TPSA) is 75.6 Å². The molecule has 1 amide bonds. The first kappa shape index (κ1) is 10.4. The van der Waals surface area contributed by atoms with E-state index in [0.717, 1.165) is 12.8 Å². The van der Waals surface area contributed by atoms with Crippen molar-refractivity contribution in [2.24, 2.45) is 5.41 Å². The molecule has 5 nitrogen and oxygen atoms in total. The van der Waals surface area contributed by atoms with Crippen molar-refractivity contribution < 1.29 is 19.4 Å². The Bertz CT molecular complexity index is 279. The summed E-state index contributed by atoms with van der Waals surface area (Å²) in [5, 5.41) is 11.6. The molecule has 1 aliphatic heterocycles. The minimum atomic E-state index is -0.810. The zero-order valence-corrected chi connectivity index (χ0v) is 8.49. The Morgan fingerprint density at radius 2 is 2.20 bits per heavy atom. The van der Waals surface area contributed by atoms with Crippen LogP contribution in [0.25, 0.3) is 0 Å². The van der Waals surface area contributed by atoms with Crippen molar-refractivity contribution in [2.45, 2.75) is 31.8 Å². The number of ether oxygens (including phenoxy) is 1. The molecule has 1 heterocycles. The molecule has 0 spiro atoms. The van der Waals surface area contributed by atoms with Crippen LogP contribution in [0.5, 0.6) is 0 Å².